The van der Waals surface area contributed by atoms with Crippen molar-refractivity contribution in [2.24, 2.45) is 0 Å². The van der Waals surface area contributed by atoms with E-state index in [0.29, 0.717) is 16.8 Å². The smallest absolute Gasteiger partial charge is 0.225 e. The molecule has 2 aromatic rings. The van der Waals surface area contributed by atoms with E-state index < -0.39 is 0 Å². The second-order valence-corrected chi connectivity index (χ2v) is 3.71. The zero-order valence-corrected chi connectivity index (χ0v) is 9.73. The first-order chi connectivity index (χ1) is 7.11. The Morgan fingerprint density at radius 2 is 1.87 bits per heavy atom. The molecule has 2 rings (SSSR count). The zero-order valence-electron chi connectivity index (χ0n) is 7.46. The molecule has 78 valence electrons. The van der Waals surface area contributed by atoms with Crippen LogP contribution < -0.4 is 4.74 Å². The number of rotatable bonds is 1. The normalized spacial score (nSPS) is 10.7. The maximum absolute atomic E-state index is 5.90. The number of fused-ring (bicyclic) bond motifs is 1. The highest BCUT2D eigenvalue weighted by Gasteiger charge is 2.12. The van der Waals surface area contributed by atoms with E-state index in [1.807, 2.05) is 0 Å². The fourth-order valence-electron chi connectivity index (χ4n) is 1.16. The first kappa shape index (κ1) is 10.7. The van der Waals surface area contributed by atoms with Gasteiger partial charge in [0, 0.05) is 6.07 Å². The lowest BCUT2D eigenvalue weighted by molar-refractivity contribution is 0.419. The summed E-state index contributed by atoms with van der Waals surface area (Å²) in [5.74, 6) is 0.465. The topological polar surface area (TPSA) is 47.9 Å². The van der Waals surface area contributed by atoms with E-state index in [0.717, 1.165) is 0 Å². The molecule has 15 heavy (non-hydrogen) atoms. The van der Waals surface area contributed by atoms with Crippen molar-refractivity contribution in [2.45, 2.75) is 0 Å². The average Bonchev–Trinajstić information content (AvgIpc) is 2.14. The maximum atomic E-state index is 5.90. The zero-order chi connectivity index (χ0) is 11.0. The lowest BCUT2D eigenvalue weighted by Gasteiger charge is -2.06. The molecule has 4 nitrogen and oxygen atoms in total. The van der Waals surface area contributed by atoms with Gasteiger partial charge in [0.05, 0.1) is 12.5 Å². The molecular weight excluding hydrogens is 260 g/mol. The van der Waals surface area contributed by atoms with Gasteiger partial charge in [0.1, 0.15) is 16.1 Å². The minimum absolute atomic E-state index is 0.0179. The Morgan fingerprint density at radius 3 is 2.53 bits per heavy atom. The van der Waals surface area contributed by atoms with Crippen LogP contribution >= 0.6 is 34.8 Å². The molecule has 0 saturated heterocycles. The number of methoxy groups -OCH3 is 1. The number of hydrogen-bond acceptors (Lipinski definition) is 4. The first-order valence-electron chi connectivity index (χ1n) is 3.85. The predicted molar refractivity (Wildman–Crippen MR) is 58.9 cm³/mol. The number of halogens is 3. The van der Waals surface area contributed by atoms with Gasteiger partial charge in [0.15, 0.2) is 5.65 Å². The van der Waals surface area contributed by atoms with E-state index >= 15 is 0 Å². The summed E-state index contributed by atoms with van der Waals surface area (Å²) in [7, 11) is 1.50. The van der Waals surface area contributed by atoms with Gasteiger partial charge in [-0.25, -0.2) is 9.97 Å². The van der Waals surface area contributed by atoms with E-state index in [9.17, 15) is 0 Å². The molecule has 0 aliphatic heterocycles. The predicted octanol–water partition coefficient (Wildman–Crippen LogP) is 2.99. The maximum Gasteiger partial charge on any atom is 0.225 e. The van der Waals surface area contributed by atoms with Gasteiger partial charge in [0.2, 0.25) is 5.28 Å². The number of pyridine rings is 1. The van der Waals surface area contributed by atoms with Gasteiger partial charge in [-0.05, 0) is 11.6 Å². The summed E-state index contributed by atoms with van der Waals surface area (Å²) >= 11 is 17.3. The number of aromatic nitrogens is 3. The Labute approximate surface area is 100 Å². The van der Waals surface area contributed by atoms with E-state index in [1.165, 1.54) is 13.2 Å². The van der Waals surface area contributed by atoms with E-state index in [4.69, 9.17) is 39.5 Å². The summed E-state index contributed by atoms with van der Waals surface area (Å²) < 4.78 is 5.10. The van der Waals surface area contributed by atoms with Gasteiger partial charge in [-0.1, -0.05) is 23.2 Å². The Hall–Kier alpha value is -0.840. The standard InChI is InChI=1S/C8H4Cl3N3O/c1-15-3-2-4(9)12-7-5(3)6(10)13-8(11)14-7/h2H,1H3. The number of ether oxygens (including phenoxy) is 1. The van der Waals surface area contributed by atoms with Gasteiger partial charge in [-0.15, -0.1) is 0 Å². The second-order valence-electron chi connectivity index (χ2n) is 2.63. The molecule has 0 fully saturated rings. The van der Waals surface area contributed by atoms with Crippen molar-refractivity contribution in [3.63, 3.8) is 0 Å². The Kier molecular flexibility index (Phi) is 2.82. The van der Waals surface area contributed by atoms with Gasteiger partial charge in [-0.3, -0.25) is 0 Å². The van der Waals surface area contributed by atoms with Crippen molar-refractivity contribution < 1.29 is 4.74 Å². The van der Waals surface area contributed by atoms with Crippen LogP contribution in [0.1, 0.15) is 0 Å². The van der Waals surface area contributed by atoms with Crippen LogP contribution in [-0.2, 0) is 0 Å². The highest BCUT2D eigenvalue weighted by molar-refractivity contribution is 6.36. The second kappa shape index (κ2) is 3.96. The molecule has 0 unspecified atom stereocenters. The lowest BCUT2D eigenvalue weighted by atomic mass is 10.3. The molecule has 0 atom stereocenters. The van der Waals surface area contributed by atoms with E-state index in [2.05, 4.69) is 15.0 Å². The lowest BCUT2D eigenvalue weighted by Crippen LogP contribution is -1.94. The molecule has 0 radical (unpaired) electrons. The molecule has 2 heterocycles. The minimum atomic E-state index is 0.0179. The van der Waals surface area contributed by atoms with Crippen LogP contribution in [0, 0.1) is 0 Å². The molecule has 0 amide bonds. The van der Waals surface area contributed by atoms with Crippen molar-refractivity contribution >= 4 is 45.8 Å². The highest BCUT2D eigenvalue weighted by Crippen LogP contribution is 2.31. The van der Waals surface area contributed by atoms with Crippen LogP contribution in [0.4, 0.5) is 0 Å². The summed E-state index contributed by atoms with van der Waals surface area (Å²) in [6.45, 7) is 0. The molecule has 0 aliphatic carbocycles. The summed E-state index contributed by atoms with van der Waals surface area (Å²) in [5, 5.41) is 0.952. The van der Waals surface area contributed by atoms with Gasteiger partial charge >= 0.3 is 0 Å². The van der Waals surface area contributed by atoms with Gasteiger partial charge in [0.25, 0.3) is 0 Å². The third-order valence-corrected chi connectivity index (χ3v) is 2.38. The summed E-state index contributed by atoms with van der Waals surface area (Å²) in [6.07, 6.45) is 0. The fourth-order valence-corrected chi connectivity index (χ4v) is 1.81. The number of hydrogen-bond donors (Lipinski definition) is 0. The van der Waals surface area contributed by atoms with E-state index in [1.54, 1.807) is 0 Å². The number of nitrogens with zero attached hydrogens (tertiary/aromatic N) is 3. The molecule has 7 heteroatoms. The van der Waals surface area contributed by atoms with E-state index in [-0.39, 0.29) is 15.6 Å². The first-order valence-corrected chi connectivity index (χ1v) is 4.98. The van der Waals surface area contributed by atoms with Crippen molar-refractivity contribution in [1.82, 2.24) is 15.0 Å². The summed E-state index contributed by atoms with van der Waals surface area (Å²) in [4.78, 5) is 11.7. The molecular formula is C8H4Cl3N3O. The quantitative estimate of drug-likeness (QED) is 0.451. The minimum Gasteiger partial charge on any atom is -0.496 e. The highest BCUT2D eigenvalue weighted by atomic mass is 35.5. The fraction of sp³-hybridized carbons (Fsp3) is 0.125. The van der Waals surface area contributed by atoms with Crippen molar-refractivity contribution in [1.29, 1.82) is 0 Å². The van der Waals surface area contributed by atoms with Crippen molar-refractivity contribution in [3.05, 3.63) is 21.7 Å². The molecule has 0 N–H and O–H groups in total. The molecule has 0 aromatic carbocycles. The summed E-state index contributed by atoms with van der Waals surface area (Å²) in [6, 6.07) is 1.53. The summed E-state index contributed by atoms with van der Waals surface area (Å²) in [5.41, 5.74) is 0.310. The third-order valence-electron chi connectivity index (χ3n) is 1.75. The SMILES string of the molecule is COc1cc(Cl)nc2nc(Cl)nc(Cl)c12. The van der Waals surface area contributed by atoms with Crippen LogP contribution in [0.15, 0.2) is 6.07 Å². The van der Waals surface area contributed by atoms with Crippen molar-refractivity contribution in [2.75, 3.05) is 7.11 Å². The third kappa shape index (κ3) is 1.93. The molecule has 0 saturated carbocycles. The van der Waals surface area contributed by atoms with Crippen LogP contribution in [0.25, 0.3) is 11.0 Å². The van der Waals surface area contributed by atoms with Crippen LogP contribution in [0.3, 0.4) is 0 Å². The largest absolute Gasteiger partial charge is 0.496 e. The molecule has 0 aliphatic rings. The van der Waals surface area contributed by atoms with Gasteiger partial charge in [-0.2, -0.15) is 4.98 Å². The molecule has 2 aromatic heterocycles. The Bertz CT molecular complexity index is 527. The molecule has 0 bridgehead atoms. The monoisotopic (exact) mass is 263 g/mol. The van der Waals surface area contributed by atoms with Crippen LogP contribution in [0.5, 0.6) is 5.75 Å². The van der Waals surface area contributed by atoms with Crippen LogP contribution in [-0.4, -0.2) is 22.1 Å². The van der Waals surface area contributed by atoms with Crippen LogP contribution in [0.2, 0.25) is 15.6 Å². The average molecular weight is 264 g/mol. The van der Waals surface area contributed by atoms with Crippen molar-refractivity contribution in [3.8, 4) is 5.75 Å². The van der Waals surface area contributed by atoms with Gasteiger partial charge < -0.3 is 4.74 Å². The molecule has 0 spiro atoms. The Balaban J connectivity index is 2.90. The Morgan fingerprint density at radius 1 is 1.13 bits per heavy atom.